The lowest BCUT2D eigenvalue weighted by molar-refractivity contribution is -0.115. The quantitative estimate of drug-likeness (QED) is 0.403. The van der Waals surface area contributed by atoms with Crippen LogP contribution in [0.15, 0.2) is 0 Å². The Hall–Kier alpha value is -0.490. The molecule has 2 nitrogen and oxygen atoms in total. The average molecular weight is 143 g/mol. The molecule has 0 saturated carbocycles. The van der Waals surface area contributed by atoms with Gasteiger partial charge in [-0.2, -0.15) is 5.26 Å². The van der Waals surface area contributed by atoms with Crippen LogP contribution >= 0.6 is 10.0 Å². The second-order valence-electron chi connectivity index (χ2n) is 2.51. The lowest BCUT2D eigenvalue weighted by Crippen LogP contribution is -1.99. The van der Waals surface area contributed by atoms with Gasteiger partial charge in [-0.05, 0) is 13.2 Å². The molecule has 1 aliphatic heterocycles. The molecule has 0 aromatic carbocycles. The van der Waals surface area contributed by atoms with Crippen LogP contribution in [0.2, 0.25) is 0 Å². The summed E-state index contributed by atoms with van der Waals surface area (Å²) >= 11 is 0. The van der Waals surface area contributed by atoms with Gasteiger partial charge >= 0.3 is 0 Å². The van der Waals surface area contributed by atoms with Crippen molar-refractivity contribution in [1.82, 2.24) is 0 Å². The Morgan fingerprint density at radius 1 is 1.89 bits per heavy atom. The number of carbonyl (C=O) groups excluding carboxylic acids is 1. The van der Waals surface area contributed by atoms with Gasteiger partial charge in [-0.1, -0.05) is 0 Å². The van der Waals surface area contributed by atoms with Crippen molar-refractivity contribution in [1.29, 1.82) is 5.26 Å². The molecule has 0 amide bonds. The van der Waals surface area contributed by atoms with E-state index in [1.54, 1.807) is 6.92 Å². The van der Waals surface area contributed by atoms with Gasteiger partial charge in [-0.3, -0.25) is 4.79 Å². The number of carbonyl (C=O) groups is 1. The van der Waals surface area contributed by atoms with Gasteiger partial charge in [-0.25, -0.2) is 0 Å². The Morgan fingerprint density at radius 2 is 2.44 bits per heavy atom. The highest BCUT2D eigenvalue weighted by Crippen LogP contribution is 2.64. The fraction of sp³-hybridized carbons (Fsp3) is 0.667. The summed E-state index contributed by atoms with van der Waals surface area (Å²) in [4.78, 5) is 10.7. The summed E-state index contributed by atoms with van der Waals surface area (Å²) in [7, 11) is -1.10. The van der Waals surface area contributed by atoms with Crippen LogP contribution < -0.4 is 0 Å². The molecule has 1 heterocycles. The van der Waals surface area contributed by atoms with Crippen molar-refractivity contribution in [3.05, 3.63) is 0 Å². The molecule has 0 aromatic rings. The van der Waals surface area contributed by atoms with E-state index in [4.69, 9.17) is 5.26 Å². The van der Waals surface area contributed by atoms with Crippen molar-refractivity contribution in [2.24, 2.45) is 0 Å². The zero-order valence-electron chi connectivity index (χ0n) is 5.55. The molecule has 2 atom stereocenters. The predicted octanol–water partition coefficient (Wildman–Crippen LogP) is 0.873. The SMILES string of the molecule is CC(=O)C1CS1(C)C#N. The fourth-order valence-corrected chi connectivity index (χ4v) is 3.19. The zero-order valence-corrected chi connectivity index (χ0v) is 6.36. The molecule has 0 spiro atoms. The molecular formula is C6H9NOS. The van der Waals surface area contributed by atoms with Crippen molar-refractivity contribution < 1.29 is 4.79 Å². The monoisotopic (exact) mass is 143 g/mol. The number of thiocyanates is 1. The van der Waals surface area contributed by atoms with Gasteiger partial charge in [-0.15, -0.1) is 10.0 Å². The molecule has 0 aromatic heterocycles. The minimum absolute atomic E-state index is 0.113. The highest BCUT2D eigenvalue weighted by atomic mass is 32.3. The summed E-state index contributed by atoms with van der Waals surface area (Å²) in [6.45, 7) is 1.57. The third kappa shape index (κ3) is 0.948. The van der Waals surface area contributed by atoms with Gasteiger partial charge in [0.25, 0.3) is 0 Å². The van der Waals surface area contributed by atoms with Gasteiger partial charge in [0.2, 0.25) is 0 Å². The molecule has 1 fully saturated rings. The summed E-state index contributed by atoms with van der Waals surface area (Å²) in [6, 6.07) is 0. The number of ketones is 1. The number of rotatable bonds is 1. The molecule has 0 aliphatic carbocycles. The Bertz CT molecular complexity index is 196. The van der Waals surface area contributed by atoms with Crippen LogP contribution in [-0.2, 0) is 4.79 Å². The average Bonchev–Trinajstić information content (AvgIpc) is 2.44. The summed E-state index contributed by atoms with van der Waals surface area (Å²) in [5, 5.41) is 10.8. The third-order valence-electron chi connectivity index (χ3n) is 1.67. The normalized spacial score (nSPS) is 46.6. The molecule has 0 bridgehead atoms. The van der Waals surface area contributed by atoms with Crippen molar-refractivity contribution in [2.75, 3.05) is 12.0 Å². The second kappa shape index (κ2) is 1.74. The van der Waals surface area contributed by atoms with E-state index in [0.717, 1.165) is 5.75 Å². The minimum atomic E-state index is -1.10. The maximum absolute atomic E-state index is 10.7. The topological polar surface area (TPSA) is 40.9 Å². The van der Waals surface area contributed by atoms with Crippen LogP contribution in [0.5, 0.6) is 0 Å². The standard InChI is InChI=1S/C6H9NOS/c1-5(8)6-3-9(6,2)4-7/h6H,3H2,1-2H3. The maximum Gasteiger partial charge on any atom is 0.142 e. The van der Waals surface area contributed by atoms with Crippen molar-refractivity contribution >= 4 is 15.8 Å². The van der Waals surface area contributed by atoms with Crippen LogP contribution in [0.1, 0.15) is 6.92 Å². The number of nitriles is 1. The maximum atomic E-state index is 10.7. The van der Waals surface area contributed by atoms with E-state index in [2.05, 4.69) is 5.40 Å². The van der Waals surface area contributed by atoms with Gasteiger partial charge < -0.3 is 0 Å². The Kier molecular flexibility index (Phi) is 1.28. The Morgan fingerprint density at radius 3 is 2.56 bits per heavy atom. The number of hydrogen-bond acceptors (Lipinski definition) is 2. The first-order valence-corrected chi connectivity index (χ1v) is 5.03. The lowest BCUT2D eigenvalue weighted by Gasteiger charge is -1.99. The number of hydrogen-bond donors (Lipinski definition) is 0. The van der Waals surface area contributed by atoms with Gasteiger partial charge in [0.15, 0.2) is 0 Å². The number of nitrogens with zero attached hydrogens (tertiary/aromatic N) is 1. The highest BCUT2D eigenvalue weighted by molar-refractivity contribution is 8.43. The largest absolute Gasteiger partial charge is 0.299 e. The first kappa shape index (κ1) is 6.63. The summed E-state index contributed by atoms with van der Waals surface area (Å²) in [6.07, 6.45) is 1.92. The summed E-state index contributed by atoms with van der Waals surface area (Å²) < 4.78 is 0. The summed E-state index contributed by atoms with van der Waals surface area (Å²) in [5.74, 6) is 1.04. The third-order valence-corrected chi connectivity index (χ3v) is 4.44. The van der Waals surface area contributed by atoms with Crippen LogP contribution in [0.3, 0.4) is 0 Å². The first-order chi connectivity index (χ1) is 4.10. The summed E-state index contributed by atoms with van der Waals surface area (Å²) in [5.41, 5.74) is 0. The highest BCUT2D eigenvalue weighted by Gasteiger charge is 2.48. The van der Waals surface area contributed by atoms with E-state index in [1.165, 1.54) is 0 Å². The van der Waals surface area contributed by atoms with Gasteiger partial charge in [0.1, 0.15) is 11.2 Å². The van der Waals surface area contributed by atoms with Crippen LogP contribution in [0.4, 0.5) is 0 Å². The van der Waals surface area contributed by atoms with E-state index in [0.29, 0.717) is 0 Å². The van der Waals surface area contributed by atoms with E-state index in [1.807, 2.05) is 6.26 Å². The van der Waals surface area contributed by atoms with E-state index >= 15 is 0 Å². The molecule has 0 radical (unpaired) electrons. The molecule has 0 N–H and O–H groups in total. The van der Waals surface area contributed by atoms with Gasteiger partial charge in [0.05, 0.1) is 5.25 Å². The second-order valence-corrected chi connectivity index (χ2v) is 5.91. The minimum Gasteiger partial charge on any atom is -0.299 e. The van der Waals surface area contributed by atoms with E-state index in [-0.39, 0.29) is 11.0 Å². The molecule has 1 saturated heterocycles. The van der Waals surface area contributed by atoms with Crippen molar-refractivity contribution in [3.63, 3.8) is 0 Å². The number of Topliss-reactive ketones (excluding diaryl/α,β-unsaturated/α-hetero) is 1. The predicted molar refractivity (Wildman–Crippen MR) is 38.5 cm³/mol. The molecule has 1 aliphatic rings. The van der Waals surface area contributed by atoms with Crippen LogP contribution in [0.25, 0.3) is 0 Å². The van der Waals surface area contributed by atoms with E-state index < -0.39 is 10.0 Å². The van der Waals surface area contributed by atoms with Crippen molar-refractivity contribution in [2.45, 2.75) is 12.2 Å². The Labute approximate surface area is 56.2 Å². The fourth-order valence-electron chi connectivity index (χ4n) is 0.860. The molecular weight excluding hydrogens is 134 g/mol. The van der Waals surface area contributed by atoms with Crippen molar-refractivity contribution in [3.8, 4) is 5.40 Å². The van der Waals surface area contributed by atoms with Crippen LogP contribution in [-0.4, -0.2) is 23.0 Å². The first-order valence-electron chi connectivity index (χ1n) is 2.76. The zero-order chi connectivity index (χ0) is 7.07. The molecule has 3 heteroatoms. The molecule has 1 rings (SSSR count). The molecule has 2 unspecified atom stereocenters. The van der Waals surface area contributed by atoms with Crippen LogP contribution in [0, 0.1) is 10.7 Å². The van der Waals surface area contributed by atoms with E-state index in [9.17, 15) is 4.79 Å². The smallest absolute Gasteiger partial charge is 0.142 e. The van der Waals surface area contributed by atoms with Gasteiger partial charge in [0, 0.05) is 5.75 Å². The molecule has 50 valence electrons. The Balaban J connectivity index is 2.61. The lowest BCUT2D eigenvalue weighted by atomic mass is 10.4. The molecule has 9 heavy (non-hydrogen) atoms.